The van der Waals surface area contributed by atoms with Gasteiger partial charge in [-0.3, -0.25) is 8.95 Å². The van der Waals surface area contributed by atoms with Gasteiger partial charge in [0, 0.05) is 11.6 Å². The lowest BCUT2D eigenvalue weighted by Crippen LogP contribution is -2.13. The van der Waals surface area contributed by atoms with Gasteiger partial charge in [-0.1, -0.05) is 0 Å². The highest BCUT2D eigenvalue weighted by Gasteiger charge is 2.42. The molecule has 0 aromatic carbocycles. The van der Waals surface area contributed by atoms with Crippen molar-refractivity contribution in [3.8, 4) is 0 Å². The molecule has 88 valence electrons. The predicted molar refractivity (Wildman–Crippen MR) is 47.9 cm³/mol. The molecule has 2 rings (SSSR count). The number of hydrogen-bond acceptors (Lipinski definition) is 4. The van der Waals surface area contributed by atoms with Crippen LogP contribution in [0.4, 0.5) is 13.2 Å². The van der Waals surface area contributed by atoms with Crippen molar-refractivity contribution in [3.05, 3.63) is 17.3 Å². The van der Waals surface area contributed by atoms with Gasteiger partial charge in [-0.15, -0.1) is 11.3 Å². The molecule has 2 heterocycles. The van der Waals surface area contributed by atoms with Gasteiger partial charge in [0.2, 0.25) is 0 Å². The van der Waals surface area contributed by atoms with E-state index < -0.39 is 27.0 Å². The maximum Gasteiger partial charge on any atom is 0.436 e. The van der Waals surface area contributed by atoms with Gasteiger partial charge in [-0.05, 0) is 0 Å². The zero-order valence-electron chi connectivity index (χ0n) is 7.26. The van der Waals surface area contributed by atoms with Crippen LogP contribution in [0.15, 0.2) is 16.6 Å². The molecule has 0 unspecified atom stereocenters. The van der Waals surface area contributed by atoms with E-state index in [1.165, 1.54) is 5.38 Å². The van der Waals surface area contributed by atoms with Crippen LogP contribution in [0.25, 0.3) is 4.96 Å². The smallest absolute Gasteiger partial charge is 0.281 e. The standard InChI is InChI=1S/C6H3F3N2O3S2/c7-6(8,9)3-4(16(12,13)14)11-1-2-15-5(11)10-3/h1-2H,(H,12,13,14). The molecular formula is C6H3F3N2O3S2. The number of halogens is 3. The lowest BCUT2D eigenvalue weighted by atomic mass is 10.5. The van der Waals surface area contributed by atoms with Gasteiger partial charge in [0.05, 0.1) is 0 Å². The van der Waals surface area contributed by atoms with E-state index in [1.54, 1.807) is 0 Å². The number of imidazole rings is 1. The van der Waals surface area contributed by atoms with Gasteiger partial charge < -0.3 is 0 Å². The van der Waals surface area contributed by atoms with Gasteiger partial charge in [-0.25, -0.2) is 4.98 Å². The maximum atomic E-state index is 12.4. The number of nitrogens with zero attached hydrogens (tertiary/aromatic N) is 2. The van der Waals surface area contributed by atoms with E-state index >= 15 is 0 Å². The summed E-state index contributed by atoms with van der Waals surface area (Å²) in [6.45, 7) is 0. The summed E-state index contributed by atoms with van der Waals surface area (Å²) >= 11 is 0.831. The Morgan fingerprint density at radius 3 is 2.56 bits per heavy atom. The molecule has 1 N–H and O–H groups in total. The Bertz CT molecular complexity index is 640. The van der Waals surface area contributed by atoms with Crippen LogP contribution in [-0.4, -0.2) is 22.4 Å². The van der Waals surface area contributed by atoms with Crippen molar-refractivity contribution in [1.82, 2.24) is 9.38 Å². The average molecular weight is 272 g/mol. The normalized spacial score (nSPS) is 13.5. The summed E-state index contributed by atoms with van der Waals surface area (Å²) in [6.07, 6.45) is -3.85. The van der Waals surface area contributed by atoms with E-state index in [9.17, 15) is 21.6 Å². The topological polar surface area (TPSA) is 71.7 Å². The third-order valence-corrected chi connectivity index (χ3v) is 3.37. The molecule has 0 atom stereocenters. The highest BCUT2D eigenvalue weighted by atomic mass is 32.2. The van der Waals surface area contributed by atoms with Gasteiger partial charge >= 0.3 is 16.3 Å². The highest BCUT2D eigenvalue weighted by molar-refractivity contribution is 7.85. The fourth-order valence-corrected chi connectivity index (χ4v) is 2.77. The zero-order chi connectivity index (χ0) is 12.1. The molecule has 0 saturated heterocycles. The lowest BCUT2D eigenvalue weighted by Gasteiger charge is -2.04. The largest absolute Gasteiger partial charge is 0.436 e. The summed E-state index contributed by atoms with van der Waals surface area (Å²) in [5, 5.41) is 0.105. The molecule has 5 nitrogen and oxygen atoms in total. The molecule has 0 aliphatic rings. The van der Waals surface area contributed by atoms with E-state index in [1.807, 2.05) is 0 Å². The third-order valence-electron chi connectivity index (χ3n) is 1.73. The molecule has 0 aliphatic carbocycles. The van der Waals surface area contributed by atoms with Crippen molar-refractivity contribution in [3.63, 3.8) is 0 Å². The van der Waals surface area contributed by atoms with Crippen LogP contribution in [0.5, 0.6) is 0 Å². The second kappa shape index (κ2) is 3.18. The molecule has 2 aromatic heterocycles. The van der Waals surface area contributed by atoms with Crippen LogP contribution in [0.3, 0.4) is 0 Å². The van der Waals surface area contributed by atoms with Crippen LogP contribution in [0, 0.1) is 0 Å². The Morgan fingerprint density at radius 2 is 2.06 bits per heavy atom. The Balaban J connectivity index is 2.90. The summed E-state index contributed by atoms with van der Waals surface area (Å²) < 4.78 is 68.5. The minimum Gasteiger partial charge on any atom is -0.281 e. The van der Waals surface area contributed by atoms with Crippen LogP contribution in [0.1, 0.15) is 5.69 Å². The second-order valence-corrected chi connectivity index (χ2v) is 5.00. The van der Waals surface area contributed by atoms with Crippen molar-refractivity contribution in [2.45, 2.75) is 11.2 Å². The van der Waals surface area contributed by atoms with E-state index in [2.05, 4.69) is 4.98 Å². The fourth-order valence-electron chi connectivity index (χ4n) is 1.20. The molecule has 0 bridgehead atoms. The second-order valence-electron chi connectivity index (χ2n) is 2.79. The van der Waals surface area contributed by atoms with Crippen molar-refractivity contribution in [2.75, 3.05) is 0 Å². The number of hydrogen-bond donors (Lipinski definition) is 1. The average Bonchev–Trinajstić information content (AvgIpc) is 2.53. The molecule has 0 fully saturated rings. The van der Waals surface area contributed by atoms with E-state index in [0.29, 0.717) is 4.40 Å². The van der Waals surface area contributed by atoms with E-state index in [-0.39, 0.29) is 4.96 Å². The Morgan fingerprint density at radius 1 is 1.44 bits per heavy atom. The summed E-state index contributed by atoms with van der Waals surface area (Å²) in [5.41, 5.74) is -1.61. The molecule has 0 aliphatic heterocycles. The fraction of sp³-hybridized carbons (Fsp3) is 0.167. The summed E-state index contributed by atoms with van der Waals surface area (Å²) in [6, 6.07) is 0. The van der Waals surface area contributed by atoms with E-state index in [0.717, 1.165) is 17.5 Å². The molecule has 0 radical (unpaired) electrons. The molecule has 16 heavy (non-hydrogen) atoms. The number of aromatic nitrogens is 2. The first-order valence-corrected chi connectivity index (χ1v) is 6.03. The summed E-state index contributed by atoms with van der Waals surface area (Å²) in [5.74, 6) is 0. The maximum absolute atomic E-state index is 12.4. The van der Waals surface area contributed by atoms with Crippen LogP contribution in [0.2, 0.25) is 0 Å². The molecular weight excluding hydrogens is 269 g/mol. The highest BCUT2D eigenvalue weighted by Crippen LogP contribution is 2.34. The molecule has 0 saturated carbocycles. The first-order chi connectivity index (χ1) is 7.21. The van der Waals surface area contributed by atoms with Crippen molar-refractivity contribution in [1.29, 1.82) is 0 Å². The third kappa shape index (κ3) is 1.68. The van der Waals surface area contributed by atoms with Crippen molar-refractivity contribution < 1.29 is 26.1 Å². The zero-order valence-corrected chi connectivity index (χ0v) is 8.90. The predicted octanol–water partition coefficient (Wildman–Crippen LogP) is 1.66. The minimum absolute atomic E-state index is 0.153. The summed E-state index contributed by atoms with van der Waals surface area (Å²) in [4.78, 5) is 2.97. The van der Waals surface area contributed by atoms with Crippen molar-refractivity contribution in [2.24, 2.45) is 0 Å². The monoisotopic (exact) mass is 272 g/mol. The lowest BCUT2D eigenvalue weighted by molar-refractivity contribution is -0.143. The SMILES string of the molecule is O=S(=O)(O)c1c(C(F)(F)F)nc2sccn12. The number of fused-ring (bicyclic) bond motifs is 1. The van der Waals surface area contributed by atoms with Crippen LogP contribution >= 0.6 is 11.3 Å². The number of thiazole rings is 1. The molecule has 0 amide bonds. The number of alkyl halides is 3. The van der Waals surface area contributed by atoms with Gasteiger partial charge in [-0.2, -0.15) is 21.6 Å². The van der Waals surface area contributed by atoms with Gasteiger partial charge in [0.15, 0.2) is 15.7 Å². The number of rotatable bonds is 1. The molecule has 2 aromatic rings. The van der Waals surface area contributed by atoms with E-state index in [4.69, 9.17) is 4.55 Å². The minimum atomic E-state index is -4.98. The Labute approximate surface area is 90.9 Å². The Hall–Kier alpha value is -1.13. The van der Waals surface area contributed by atoms with Gasteiger partial charge in [0.25, 0.3) is 0 Å². The summed E-state index contributed by atoms with van der Waals surface area (Å²) in [7, 11) is -4.98. The van der Waals surface area contributed by atoms with Gasteiger partial charge in [0.1, 0.15) is 0 Å². The van der Waals surface area contributed by atoms with Crippen LogP contribution < -0.4 is 0 Å². The first-order valence-electron chi connectivity index (χ1n) is 3.71. The van der Waals surface area contributed by atoms with Crippen LogP contribution in [-0.2, 0) is 16.3 Å². The van der Waals surface area contributed by atoms with Crippen molar-refractivity contribution >= 4 is 26.4 Å². The molecule has 10 heteroatoms. The quantitative estimate of drug-likeness (QED) is 0.801. The first kappa shape index (κ1) is 11.4. The molecule has 0 spiro atoms. The Kier molecular flexibility index (Phi) is 2.26.